The van der Waals surface area contributed by atoms with E-state index in [1.807, 2.05) is 18.2 Å². The molecule has 0 aliphatic carbocycles. The van der Waals surface area contributed by atoms with Crippen molar-refractivity contribution in [2.45, 2.75) is 12.6 Å². The van der Waals surface area contributed by atoms with Crippen LogP contribution in [0.4, 0.5) is 4.39 Å². The van der Waals surface area contributed by atoms with E-state index in [1.165, 1.54) is 12.1 Å². The fourth-order valence-electron chi connectivity index (χ4n) is 2.30. The first-order chi connectivity index (χ1) is 7.60. The van der Waals surface area contributed by atoms with E-state index < -0.39 is 5.72 Å². The molecular weight excluding hydrogens is 205 g/mol. The molecule has 0 saturated carbocycles. The van der Waals surface area contributed by atoms with E-state index in [1.54, 1.807) is 23.8 Å². The number of fused-ring (bicyclic) bond motifs is 3. The second-order valence-electron chi connectivity index (χ2n) is 4.17. The summed E-state index contributed by atoms with van der Waals surface area (Å²) in [6.07, 6.45) is 1.80. The predicted octanol–water partition coefficient (Wildman–Crippen LogP) is 1.81. The number of aliphatic hydroxyl groups is 1. The van der Waals surface area contributed by atoms with Crippen LogP contribution in [0.5, 0.6) is 0 Å². The standard InChI is InChI=1S/C13H11FNO/c1-13(16)11-8-9(14)5-6-10(11)12-4-2-3-7-15(12)13/h2-8,16H,1H3/q+1. The van der Waals surface area contributed by atoms with Crippen LogP contribution in [0, 0.1) is 5.82 Å². The van der Waals surface area contributed by atoms with Crippen molar-refractivity contribution < 1.29 is 14.1 Å². The molecule has 0 radical (unpaired) electrons. The molecule has 2 heterocycles. The smallest absolute Gasteiger partial charge is 0.295 e. The highest BCUT2D eigenvalue weighted by Gasteiger charge is 2.45. The van der Waals surface area contributed by atoms with Crippen LogP contribution < -0.4 is 4.57 Å². The fraction of sp³-hybridized carbons (Fsp3) is 0.154. The molecule has 3 rings (SSSR count). The van der Waals surface area contributed by atoms with Gasteiger partial charge in [-0.15, -0.1) is 0 Å². The lowest BCUT2D eigenvalue weighted by atomic mass is 10.0. The van der Waals surface area contributed by atoms with Crippen LogP contribution in [-0.4, -0.2) is 5.11 Å². The monoisotopic (exact) mass is 216 g/mol. The number of benzene rings is 1. The van der Waals surface area contributed by atoms with Gasteiger partial charge < -0.3 is 5.11 Å². The SMILES string of the molecule is CC1(O)c2cc(F)ccc2-c2cccc[n+]21. The lowest BCUT2D eigenvalue weighted by Gasteiger charge is -2.12. The number of nitrogens with zero attached hydrogens (tertiary/aromatic N) is 1. The maximum absolute atomic E-state index is 13.2. The highest BCUT2D eigenvalue weighted by atomic mass is 19.1. The first-order valence-corrected chi connectivity index (χ1v) is 5.14. The van der Waals surface area contributed by atoms with Gasteiger partial charge in [0.15, 0.2) is 6.20 Å². The summed E-state index contributed by atoms with van der Waals surface area (Å²) in [4.78, 5) is 0. The molecule has 0 bridgehead atoms. The first kappa shape index (κ1) is 9.48. The Morgan fingerprint density at radius 1 is 1.25 bits per heavy atom. The van der Waals surface area contributed by atoms with Gasteiger partial charge >= 0.3 is 0 Å². The van der Waals surface area contributed by atoms with Crippen molar-refractivity contribution >= 4 is 0 Å². The van der Waals surface area contributed by atoms with Crippen LogP contribution in [0.25, 0.3) is 11.3 Å². The molecule has 1 aliphatic rings. The molecule has 1 atom stereocenters. The van der Waals surface area contributed by atoms with Crippen molar-refractivity contribution in [1.29, 1.82) is 0 Å². The van der Waals surface area contributed by atoms with Gasteiger partial charge in [-0.25, -0.2) is 4.39 Å². The molecule has 0 saturated heterocycles. The van der Waals surface area contributed by atoms with Crippen LogP contribution in [0.15, 0.2) is 42.6 Å². The summed E-state index contributed by atoms with van der Waals surface area (Å²) in [7, 11) is 0. The first-order valence-electron chi connectivity index (χ1n) is 5.14. The van der Waals surface area contributed by atoms with Crippen molar-refractivity contribution in [3.8, 4) is 11.3 Å². The molecule has 2 nitrogen and oxygen atoms in total. The molecule has 1 aromatic carbocycles. The Balaban J connectivity index is 2.39. The number of aromatic nitrogens is 1. The van der Waals surface area contributed by atoms with Gasteiger partial charge in [0.1, 0.15) is 5.82 Å². The van der Waals surface area contributed by atoms with Crippen LogP contribution in [-0.2, 0) is 5.72 Å². The van der Waals surface area contributed by atoms with Gasteiger partial charge in [0.05, 0.1) is 11.1 Å². The summed E-state index contributed by atoms with van der Waals surface area (Å²) >= 11 is 0. The van der Waals surface area contributed by atoms with E-state index in [0.717, 1.165) is 11.3 Å². The molecule has 1 N–H and O–H groups in total. The molecule has 1 unspecified atom stereocenters. The molecular formula is C13H11FNO+. The minimum absolute atomic E-state index is 0.326. The van der Waals surface area contributed by atoms with Gasteiger partial charge in [-0.3, -0.25) is 0 Å². The van der Waals surface area contributed by atoms with Crippen LogP contribution in [0.1, 0.15) is 12.5 Å². The third-order valence-corrected chi connectivity index (χ3v) is 3.10. The summed E-state index contributed by atoms with van der Waals surface area (Å²) in [5.74, 6) is -0.326. The minimum Gasteiger partial charge on any atom is -0.331 e. The van der Waals surface area contributed by atoms with Gasteiger partial charge in [0.2, 0.25) is 5.69 Å². The average molecular weight is 216 g/mol. The van der Waals surface area contributed by atoms with Crippen LogP contribution >= 0.6 is 0 Å². The summed E-state index contributed by atoms with van der Waals surface area (Å²) in [5.41, 5.74) is 1.22. The Kier molecular flexibility index (Phi) is 1.71. The van der Waals surface area contributed by atoms with Crippen molar-refractivity contribution in [2.75, 3.05) is 0 Å². The van der Waals surface area contributed by atoms with E-state index in [0.29, 0.717) is 5.56 Å². The molecule has 16 heavy (non-hydrogen) atoms. The van der Waals surface area contributed by atoms with Gasteiger partial charge in [-0.1, -0.05) is 0 Å². The zero-order chi connectivity index (χ0) is 11.3. The Hall–Kier alpha value is -1.74. The Morgan fingerprint density at radius 2 is 2.06 bits per heavy atom. The van der Waals surface area contributed by atoms with Crippen LogP contribution in [0.3, 0.4) is 0 Å². The Labute approximate surface area is 92.6 Å². The van der Waals surface area contributed by atoms with Gasteiger partial charge in [0, 0.05) is 19.1 Å². The Bertz CT molecular complexity index is 578. The molecule has 80 valence electrons. The molecule has 1 aliphatic heterocycles. The van der Waals surface area contributed by atoms with E-state index in [-0.39, 0.29) is 5.82 Å². The van der Waals surface area contributed by atoms with Gasteiger partial charge in [-0.2, -0.15) is 4.57 Å². The quantitative estimate of drug-likeness (QED) is 0.667. The zero-order valence-electron chi connectivity index (χ0n) is 8.81. The lowest BCUT2D eigenvalue weighted by Crippen LogP contribution is -2.52. The molecule has 3 heteroatoms. The van der Waals surface area contributed by atoms with Gasteiger partial charge in [0.25, 0.3) is 5.72 Å². The normalized spacial score (nSPS) is 21.7. The van der Waals surface area contributed by atoms with Gasteiger partial charge in [-0.05, 0) is 24.3 Å². The number of halogens is 1. The maximum Gasteiger partial charge on any atom is 0.295 e. The molecule has 1 aromatic heterocycles. The molecule has 0 fully saturated rings. The topological polar surface area (TPSA) is 24.1 Å². The van der Waals surface area contributed by atoms with E-state index in [4.69, 9.17) is 0 Å². The number of hydrogen-bond acceptors (Lipinski definition) is 1. The van der Waals surface area contributed by atoms with Crippen molar-refractivity contribution in [1.82, 2.24) is 0 Å². The third-order valence-electron chi connectivity index (χ3n) is 3.10. The highest BCUT2D eigenvalue weighted by Crippen LogP contribution is 2.35. The second-order valence-corrected chi connectivity index (χ2v) is 4.17. The number of pyridine rings is 1. The predicted molar refractivity (Wildman–Crippen MR) is 57.0 cm³/mol. The van der Waals surface area contributed by atoms with Crippen molar-refractivity contribution in [3.63, 3.8) is 0 Å². The zero-order valence-corrected chi connectivity index (χ0v) is 8.81. The highest BCUT2D eigenvalue weighted by molar-refractivity contribution is 5.64. The van der Waals surface area contributed by atoms with Crippen molar-refractivity contribution in [3.05, 3.63) is 54.0 Å². The van der Waals surface area contributed by atoms with E-state index in [2.05, 4.69) is 0 Å². The molecule has 0 spiro atoms. The lowest BCUT2D eigenvalue weighted by molar-refractivity contribution is -0.776. The summed E-state index contributed by atoms with van der Waals surface area (Å²) < 4.78 is 15.0. The van der Waals surface area contributed by atoms with E-state index >= 15 is 0 Å². The number of hydrogen-bond donors (Lipinski definition) is 1. The second kappa shape index (κ2) is 2.89. The fourth-order valence-corrected chi connectivity index (χ4v) is 2.30. The maximum atomic E-state index is 13.2. The molecule has 0 amide bonds. The Morgan fingerprint density at radius 3 is 2.88 bits per heavy atom. The number of rotatable bonds is 0. The van der Waals surface area contributed by atoms with E-state index in [9.17, 15) is 9.50 Å². The third kappa shape index (κ3) is 1.06. The summed E-state index contributed by atoms with van der Waals surface area (Å²) in [5, 5.41) is 10.4. The van der Waals surface area contributed by atoms with Crippen molar-refractivity contribution in [2.24, 2.45) is 0 Å². The summed E-state index contributed by atoms with van der Waals surface area (Å²) in [6, 6.07) is 10.2. The summed E-state index contributed by atoms with van der Waals surface area (Å²) in [6.45, 7) is 1.67. The minimum atomic E-state index is -1.17. The average Bonchev–Trinajstić information content (AvgIpc) is 2.49. The van der Waals surface area contributed by atoms with Crippen LogP contribution in [0.2, 0.25) is 0 Å². The largest absolute Gasteiger partial charge is 0.331 e. The molecule has 2 aromatic rings.